The quantitative estimate of drug-likeness (QED) is 0.333. The predicted octanol–water partition coefficient (Wildman–Crippen LogP) is 4.36. The molecule has 1 aromatic heterocycles. The first kappa shape index (κ1) is 25.5. The smallest absolute Gasteiger partial charge is 0.338 e. The van der Waals surface area contributed by atoms with Gasteiger partial charge in [0.15, 0.2) is 4.80 Å². The van der Waals surface area contributed by atoms with Crippen molar-refractivity contribution in [2.45, 2.75) is 26.8 Å². The lowest BCUT2D eigenvalue weighted by molar-refractivity contribution is -0.139. The van der Waals surface area contributed by atoms with Gasteiger partial charge in [-0.2, -0.15) is 0 Å². The number of hydrogen-bond acceptors (Lipinski definition) is 7. The second-order valence-electron chi connectivity index (χ2n) is 8.68. The third-order valence-electron chi connectivity index (χ3n) is 6.45. The summed E-state index contributed by atoms with van der Waals surface area (Å²) < 4.78 is 18.9. The molecule has 0 spiro atoms. The second kappa shape index (κ2) is 10.7. The van der Waals surface area contributed by atoms with E-state index in [-0.39, 0.29) is 12.2 Å². The first-order valence-electron chi connectivity index (χ1n) is 12.5. The van der Waals surface area contributed by atoms with Gasteiger partial charge < -0.3 is 14.2 Å². The standard InChI is InChI=1S/C30H28N2O5S/c1-5-36-24-14-10-9-13-22(24)27-26(29(34)37-6-2)18(3)31-30-32(27)28(33)25(38-30)17-19-15-16-23(35-4)21-12-8-7-11-20(19)21/h7-17,27H,5-6H2,1-4H3/b25-17-/t27-/m0/s1. The average Bonchev–Trinajstić information content (AvgIpc) is 3.23. The number of allylic oxidation sites excluding steroid dienone is 1. The molecule has 38 heavy (non-hydrogen) atoms. The molecule has 2 heterocycles. The van der Waals surface area contributed by atoms with Crippen LogP contribution in [0, 0.1) is 0 Å². The lowest BCUT2D eigenvalue weighted by Crippen LogP contribution is -2.40. The van der Waals surface area contributed by atoms with Crippen LogP contribution in [-0.4, -0.2) is 30.9 Å². The molecule has 3 aromatic carbocycles. The highest BCUT2D eigenvalue weighted by Gasteiger charge is 2.35. The number of hydrogen-bond donors (Lipinski definition) is 0. The molecule has 8 heteroatoms. The normalized spacial score (nSPS) is 15.3. The Morgan fingerprint density at radius 2 is 1.74 bits per heavy atom. The van der Waals surface area contributed by atoms with Gasteiger partial charge in [0, 0.05) is 10.9 Å². The summed E-state index contributed by atoms with van der Waals surface area (Å²) >= 11 is 1.29. The molecule has 1 aliphatic heterocycles. The Balaban J connectivity index is 1.77. The monoisotopic (exact) mass is 528 g/mol. The summed E-state index contributed by atoms with van der Waals surface area (Å²) in [5.74, 6) is 0.870. The summed E-state index contributed by atoms with van der Waals surface area (Å²) in [4.78, 5) is 32.4. The van der Waals surface area contributed by atoms with Gasteiger partial charge in [0.2, 0.25) is 0 Å². The average molecular weight is 529 g/mol. The van der Waals surface area contributed by atoms with Gasteiger partial charge in [0.05, 0.1) is 36.1 Å². The zero-order chi connectivity index (χ0) is 26.8. The van der Waals surface area contributed by atoms with E-state index in [4.69, 9.17) is 14.2 Å². The van der Waals surface area contributed by atoms with E-state index >= 15 is 0 Å². The maximum Gasteiger partial charge on any atom is 0.338 e. The van der Waals surface area contributed by atoms with E-state index in [0.717, 1.165) is 22.1 Å². The molecule has 5 rings (SSSR count). The molecule has 0 fully saturated rings. The summed E-state index contributed by atoms with van der Waals surface area (Å²) in [7, 11) is 1.64. The minimum absolute atomic E-state index is 0.213. The highest BCUT2D eigenvalue weighted by atomic mass is 32.1. The molecule has 7 nitrogen and oxygen atoms in total. The van der Waals surface area contributed by atoms with Crippen LogP contribution in [0.25, 0.3) is 16.8 Å². The predicted molar refractivity (Wildman–Crippen MR) is 149 cm³/mol. The van der Waals surface area contributed by atoms with Crippen molar-refractivity contribution in [3.05, 3.63) is 103 Å². The molecular weight excluding hydrogens is 500 g/mol. The summed E-state index contributed by atoms with van der Waals surface area (Å²) in [5, 5.41) is 1.93. The van der Waals surface area contributed by atoms with Gasteiger partial charge in [0.1, 0.15) is 17.5 Å². The number of esters is 1. The fourth-order valence-corrected chi connectivity index (χ4v) is 5.86. The van der Waals surface area contributed by atoms with Gasteiger partial charge in [0.25, 0.3) is 5.56 Å². The number of benzene rings is 3. The maximum atomic E-state index is 14.0. The molecule has 0 radical (unpaired) electrons. The van der Waals surface area contributed by atoms with Crippen LogP contribution < -0.4 is 24.4 Å². The number of carbonyl (C=O) groups is 1. The van der Waals surface area contributed by atoms with E-state index in [1.165, 1.54) is 11.3 Å². The van der Waals surface area contributed by atoms with E-state index in [9.17, 15) is 9.59 Å². The Bertz CT molecular complexity index is 1750. The zero-order valence-corrected chi connectivity index (χ0v) is 22.5. The summed E-state index contributed by atoms with van der Waals surface area (Å²) in [6, 6.07) is 18.5. The molecule has 0 saturated carbocycles. The molecule has 1 atom stereocenters. The maximum absolute atomic E-state index is 14.0. The van der Waals surface area contributed by atoms with Crippen LogP contribution in [0.4, 0.5) is 0 Å². The van der Waals surface area contributed by atoms with E-state index in [0.29, 0.717) is 38.5 Å². The van der Waals surface area contributed by atoms with Crippen LogP contribution in [0.2, 0.25) is 0 Å². The molecule has 0 aliphatic carbocycles. The summed E-state index contributed by atoms with van der Waals surface area (Å²) in [6.07, 6.45) is 1.88. The second-order valence-corrected chi connectivity index (χ2v) is 9.68. The first-order valence-corrected chi connectivity index (χ1v) is 13.3. The van der Waals surface area contributed by atoms with E-state index in [1.54, 1.807) is 25.5 Å². The number of methoxy groups -OCH3 is 1. The number of para-hydroxylation sites is 1. The van der Waals surface area contributed by atoms with E-state index in [2.05, 4.69) is 4.99 Å². The van der Waals surface area contributed by atoms with Crippen molar-refractivity contribution < 1.29 is 19.0 Å². The van der Waals surface area contributed by atoms with Crippen LogP contribution in [0.3, 0.4) is 0 Å². The number of ether oxygens (including phenoxy) is 3. The van der Waals surface area contributed by atoms with Crippen molar-refractivity contribution in [1.82, 2.24) is 4.57 Å². The molecule has 0 amide bonds. The number of rotatable bonds is 7. The van der Waals surface area contributed by atoms with Crippen molar-refractivity contribution in [3.63, 3.8) is 0 Å². The highest BCUT2D eigenvalue weighted by molar-refractivity contribution is 7.07. The van der Waals surface area contributed by atoms with Crippen LogP contribution in [0.15, 0.2) is 81.7 Å². The number of carbonyl (C=O) groups excluding carboxylic acids is 1. The fraction of sp³-hybridized carbons (Fsp3) is 0.233. The van der Waals surface area contributed by atoms with Gasteiger partial charge in [-0.25, -0.2) is 9.79 Å². The molecular formula is C30H28N2O5S. The van der Waals surface area contributed by atoms with Gasteiger partial charge in [-0.1, -0.05) is 59.9 Å². The molecule has 4 aromatic rings. The van der Waals surface area contributed by atoms with Gasteiger partial charge in [-0.05, 0) is 49.9 Å². The first-order chi connectivity index (χ1) is 18.5. The van der Waals surface area contributed by atoms with Crippen LogP contribution in [-0.2, 0) is 9.53 Å². The van der Waals surface area contributed by atoms with Gasteiger partial charge in [-0.15, -0.1) is 0 Å². The van der Waals surface area contributed by atoms with Crippen molar-refractivity contribution in [2.24, 2.45) is 4.99 Å². The van der Waals surface area contributed by atoms with E-state index < -0.39 is 12.0 Å². The minimum Gasteiger partial charge on any atom is -0.496 e. The third-order valence-corrected chi connectivity index (χ3v) is 7.44. The largest absolute Gasteiger partial charge is 0.496 e. The Morgan fingerprint density at radius 1 is 1.00 bits per heavy atom. The highest BCUT2D eigenvalue weighted by Crippen LogP contribution is 2.36. The lowest BCUT2D eigenvalue weighted by Gasteiger charge is -2.26. The van der Waals surface area contributed by atoms with Crippen LogP contribution >= 0.6 is 11.3 Å². The van der Waals surface area contributed by atoms with E-state index in [1.807, 2.05) is 73.7 Å². The Morgan fingerprint density at radius 3 is 2.47 bits per heavy atom. The van der Waals surface area contributed by atoms with Gasteiger partial charge >= 0.3 is 5.97 Å². The summed E-state index contributed by atoms with van der Waals surface area (Å²) in [6.45, 7) is 6.08. The molecule has 0 bridgehead atoms. The fourth-order valence-electron chi connectivity index (χ4n) is 4.82. The molecule has 0 unspecified atom stereocenters. The number of thiazole rings is 1. The van der Waals surface area contributed by atoms with Crippen molar-refractivity contribution in [2.75, 3.05) is 20.3 Å². The Kier molecular flexibility index (Phi) is 7.15. The Labute approximate surface area is 223 Å². The number of aromatic nitrogens is 1. The topological polar surface area (TPSA) is 79.1 Å². The van der Waals surface area contributed by atoms with Crippen LogP contribution in [0.5, 0.6) is 11.5 Å². The third kappa shape index (κ3) is 4.41. The van der Waals surface area contributed by atoms with Crippen LogP contribution in [0.1, 0.15) is 37.9 Å². The summed E-state index contributed by atoms with van der Waals surface area (Å²) in [5.41, 5.74) is 2.20. The number of fused-ring (bicyclic) bond motifs is 2. The molecule has 1 aliphatic rings. The Hall–Kier alpha value is -4.17. The number of nitrogens with zero attached hydrogens (tertiary/aromatic N) is 2. The van der Waals surface area contributed by atoms with Crippen molar-refractivity contribution in [3.8, 4) is 11.5 Å². The molecule has 0 N–H and O–H groups in total. The van der Waals surface area contributed by atoms with Crippen molar-refractivity contribution >= 4 is 34.2 Å². The van der Waals surface area contributed by atoms with Crippen molar-refractivity contribution in [1.29, 1.82) is 0 Å². The minimum atomic E-state index is -0.734. The zero-order valence-electron chi connectivity index (χ0n) is 21.7. The van der Waals surface area contributed by atoms with Gasteiger partial charge in [-0.3, -0.25) is 9.36 Å². The lowest BCUT2D eigenvalue weighted by atomic mass is 9.95. The molecule has 0 saturated heterocycles. The SMILES string of the molecule is CCOC(=O)C1=C(C)N=c2s/c(=C\c3ccc(OC)c4ccccc34)c(=O)n2[C@H]1c1ccccc1OCC. The molecule has 194 valence electrons.